The van der Waals surface area contributed by atoms with Crippen LogP contribution in [-0.4, -0.2) is 9.97 Å². The Labute approximate surface area is 207 Å². The molecule has 164 valence electrons. The van der Waals surface area contributed by atoms with Gasteiger partial charge in [0.05, 0.1) is 11.2 Å². The van der Waals surface area contributed by atoms with Crippen molar-refractivity contribution in [3.8, 4) is 11.3 Å². The van der Waals surface area contributed by atoms with Gasteiger partial charge in [0.2, 0.25) is 0 Å². The van der Waals surface area contributed by atoms with E-state index in [2.05, 4.69) is 136 Å². The Kier molecular flexibility index (Phi) is 5.48. The Morgan fingerprint density at radius 3 is 2.29 bits per heavy atom. The predicted octanol–water partition coefficient (Wildman–Crippen LogP) is 8.52. The number of fused-ring (bicyclic) bond motifs is 2. The average molecular weight is 503 g/mol. The van der Waals surface area contributed by atoms with Crippen LogP contribution in [-0.2, 0) is 6.42 Å². The van der Waals surface area contributed by atoms with E-state index in [4.69, 9.17) is 4.98 Å². The Balaban J connectivity index is 1.55. The van der Waals surface area contributed by atoms with Crippen LogP contribution in [0.25, 0.3) is 33.1 Å². The number of H-pyrrole nitrogens is 1. The number of halogens is 1. The smallest absolute Gasteiger partial charge is 0.0706 e. The van der Waals surface area contributed by atoms with Crippen LogP contribution in [0, 0.1) is 0 Å². The molecule has 0 amide bonds. The molecule has 1 atom stereocenters. The van der Waals surface area contributed by atoms with Crippen molar-refractivity contribution in [3.63, 3.8) is 0 Å². The summed E-state index contributed by atoms with van der Waals surface area (Å²) < 4.78 is 1.07. The standard InChI is InChI=1S/C31H23BrN2/c32-24-16-18-28-23(19-24)15-17-25(33-28)20-27(21-9-3-1-4-10-21)30-26-13-7-8-14-29(26)34-31(30)22-11-5-2-6-12-22/h1-19,27,34H,20H2. The first-order valence-corrected chi connectivity index (χ1v) is 12.3. The van der Waals surface area contributed by atoms with Crippen LogP contribution in [0.15, 0.2) is 120 Å². The van der Waals surface area contributed by atoms with Crippen LogP contribution in [0.1, 0.15) is 22.7 Å². The highest BCUT2D eigenvalue weighted by molar-refractivity contribution is 9.10. The van der Waals surface area contributed by atoms with Gasteiger partial charge in [-0.1, -0.05) is 101 Å². The first-order valence-electron chi connectivity index (χ1n) is 11.5. The molecule has 0 aliphatic heterocycles. The first kappa shape index (κ1) is 20.9. The molecule has 0 radical (unpaired) electrons. The number of aromatic amines is 1. The zero-order chi connectivity index (χ0) is 22.9. The number of hydrogen-bond acceptors (Lipinski definition) is 1. The van der Waals surface area contributed by atoms with Gasteiger partial charge in [-0.25, -0.2) is 0 Å². The van der Waals surface area contributed by atoms with Gasteiger partial charge in [-0.2, -0.15) is 0 Å². The summed E-state index contributed by atoms with van der Waals surface area (Å²) >= 11 is 3.57. The third-order valence-electron chi connectivity index (χ3n) is 6.48. The normalized spacial score (nSPS) is 12.3. The molecule has 0 saturated heterocycles. The van der Waals surface area contributed by atoms with Gasteiger partial charge in [0.25, 0.3) is 0 Å². The van der Waals surface area contributed by atoms with Crippen molar-refractivity contribution >= 4 is 37.7 Å². The number of aromatic nitrogens is 2. The summed E-state index contributed by atoms with van der Waals surface area (Å²) in [6.45, 7) is 0. The van der Waals surface area contributed by atoms with Crippen molar-refractivity contribution in [3.05, 3.63) is 137 Å². The summed E-state index contributed by atoms with van der Waals surface area (Å²) in [4.78, 5) is 8.77. The Morgan fingerprint density at radius 2 is 1.47 bits per heavy atom. The molecule has 6 aromatic rings. The number of rotatable bonds is 5. The SMILES string of the molecule is Brc1ccc2nc(CC(c3ccccc3)c3c(-c4ccccc4)[nH]c4ccccc34)ccc2c1. The van der Waals surface area contributed by atoms with Gasteiger partial charge in [0.15, 0.2) is 0 Å². The summed E-state index contributed by atoms with van der Waals surface area (Å²) in [7, 11) is 0. The van der Waals surface area contributed by atoms with E-state index >= 15 is 0 Å². The van der Waals surface area contributed by atoms with E-state index in [0.29, 0.717) is 0 Å². The fraction of sp³-hybridized carbons (Fsp3) is 0.0645. The number of hydrogen-bond donors (Lipinski definition) is 1. The third-order valence-corrected chi connectivity index (χ3v) is 6.97. The molecule has 2 nitrogen and oxygen atoms in total. The quantitative estimate of drug-likeness (QED) is 0.251. The minimum absolute atomic E-state index is 0.160. The van der Waals surface area contributed by atoms with Crippen LogP contribution in [0.4, 0.5) is 0 Å². The number of nitrogens with zero attached hydrogens (tertiary/aromatic N) is 1. The van der Waals surface area contributed by atoms with Crippen LogP contribution >= 0.6 is 15.9 Å². The van der Waals surface area contributed by atoms with E-state index < -0.39 is 0 Å². The molecule has 6 rings (SSSR count). The van der Waals surface area contributed by atoms with E-state index in [1.54, 1.807) is 0 Å². The molecule has 1 unspecified atom stereocenters. The lowest BCUT2D eigenvalue weighted by molar-refractivity contribution is 0.794. The van der Waals surface area contributed by atoms with Gasteiger partial charge in [-0.3, -0.25) is 4.98 Å². The minimum Gasteiger partial charge on any atom is -0.354 e. The first-order chi connectivity index (χ1) is 16.8. The van der Waals surface area contributed by atoms with Gasteiger partial charge in [0, 0.05) is 38.8 Å². The molecule has 3 heteroatoms. The van der Waals surface area contributed by atoms with E-state index in [1.807, 2.05) is 0 Å². The van der Waals surface area contributed by atoms with Crippen molar-refractivity contribution < 1.29 is 0 Å². The van der Waals surface area contributed by atoms with Gasteiger partial charge in [-0.05, 0) is 47.0 Å². The summed E-state index contributed by atoms with van der Waals surface area (Å²) in [6.07, 6.45) is 0.817. The fourth-order valence-electron chi connectivity index (χ4n) is 4.89. The lowest BCUT2D eigenvalue weighted by Gasteiger charge is -2.20. The monoisotopic (exact) mass is 502 g/mol. The molecule has 0 aliphatic carbocycles. The lowest BCUT2D eigenvalue weighted by Crippen LogP contribution is -2.07. The molecule has 0 saturated carbocycles. The topological polar surface area (TPSA) is 28.7 Å². The van der Waals surface area contributed by atoms with Crippen LogP contribution in [0.3, 0.4) is 0 Å². The van der Waals surface area contributed by atoms with E-state index in [1.165, 1.54) is 27.8 Å². The Morgan fingerprint density at radius 1 is 0.735 bits per heavy atom. The second-order valence-corrected chi connectivity index (χ2v) is 9.55. The van der Waals surface area contributed by atoms with E-state index in [0.717, 1.165) is 33.0 Å². The summed E-state index contributed by atoms with van der Waals surface area (Å²) in [5.74, 6) is 0.160. The molecule has 34 heavy (non-hydrogen) atoms. The fourth-order valence-corrected chi connectivity index (χ4v) is 5.27. The zero-order valence-electron chi connectivity index (χ0n) is 18.6. The summed E-state index contributed by atoms with van der Waals surface area (Å²) in [5.41, 5.74) is 8.27. The van der Waals surface area contributed by atoms with Gasteiger partial charge >= 0.3 is 0 Å². The molecule has 4 aromatic carbocycles. The molecular weight excluding hydrogens is 480 g/mol. The van der Waals surface area contributed by atoms with E-state index in [-0.39, 0.29) is 5.92 Å². The van der Waals surface area contributed by atoms with Crippen LogP contribution < -0.4 is 0 Å². The van der Waals surface area contributed by atoms with Crippen molar-refractivity contribution in [2.75, 3.05) is 0 Å². The molecule has 2 heterocycles. The molecule has 0 bridgehead atoms. The second kappa shape index (κ2) is 8.92. The van der Waals surface area contributed by atoms with Gasteiger partial charge < -0.3 is 4.98 Å². The van der Waals surface area contributed by atoms with Crippen molar-refractivity contribution in [2.45, 2.75) is 12.3 Å². The molecule has 0 spiro atoms. The van der Waals surface area contributed by atoms with E-state index in [9.17, 15) is 0 Å². The highest BCUT2D eigenvalue weighted by Crippen LogP contribution is 2.40. The second-order valence-electron chi connectivity index (χ2n) is 8.63. The largest absolute Gasteiger partial charge is 0.354 e. The average Bonchev–Trinajstić information content (AvgIpc) is 3.28. The maximum atomic E-state index is 5.04. The van der Waals surface area contributed by atoms with Gasteiger partial charge in [0.1, 0.15) is 0 Å². The molecular formula is C31H23BrN2. The zero-order valence-corrected chi connectivity index (χ0v) is 20.2. The molecule has 0 aliphatic rings. The predicted molar refractivity (Wildman–Crippen MR) is 145 cm³/mol. The molecule has 2 aromatic heterocycles. The summed E-state index contributed by atoms with van der Waals surface area (Å²) in [6, 6.07) is 40.7. The Hall–Kier alpha value is -3.69. The minimum atomic E-state index is 0.160. The summed E-state index contributed by atoms with van der Waals surface area (Å²) in [5, 5.41) is 2.41. The lowest BCUT2D eigenvalue weighted by atomic mass is 9.84. The van der Waals surface area contributed by atoms with Crippen molar-refractivity contribution in [2.24, 2.45) is 0 Å². The molecule has 1 N–H and O–H groups in total. The van der Waals surface area contributed by atoms with Gasteiger partial charge in [-0.15, -0.1) is 0 Å². The number of pyridine rings is 1. The highest BCUT2D eigenvalue weighted by Gasteiger charge is 2.24. The van der Waals surface area contributed by atoms with Crippen molar-refractivity contribution in [1.29, 1.82) is 0 Å². The maximum absolute atomic E-state index is 5.04. The maximum Gasteiger partial charge on any atom is 0.0706 e. The van der Waals surface area contributed by atoms with Crippen LogP contribution in [0.2, 0.25) is 0 Å². The number of nitrogens with one attached hydrogen (secondary N) is 1. The van der Waals surface area contributed by atoms with Crippen LogP contribution in [0.5, 0.6) is 0 Å². The Bertz CT molecular complexity index is 1590. The van der Waals surface area contributed by atoms with Crippen molar-refractivity contribution in [1.82, 2.24) is 9.97 Å². The highest BCUT2D eigenvalue weighted by atomic mass is 79.9. The third kappa shape index (κ3) is 3.93. The molecule has 0 fully saturated rings. The number of benzene rings is 4. The number of para-hydroxylation sites is 1.